The van der Waals surface area contributed by atoms with Crippen molar-refractivity contribution < 1.29 is 24.5 Å². The van der Waals surface area contributed by atoms with Gasteiger partial charge in [0.25, 0.3) is 0 Å². The minimum atomic E-state index is -1.50. The number of aryl methyl sites for hydroxylation is 1. The van der Waals surface area contributed by atoms with Crippen LogP contribution in [0.15, 0.2) is 30.3 Å². The van der Waals surface area contributed by atoms with Crippen LogP contribution in [0.25, 0.3) is 10.8 Å². The summed E-state index contributed by atoms with van der Waals surface area (Å²) in [6.45, 7) is 4.65. The van der Waals surface area contributed by atoms with Crippen molar-refractivity contribution in [2.45, 2.75) is 51.6 Å². The molecule has 2 aliphatic rings. The lowest BCUT2D eigenvalue weighted by molar-refractivity contribution is -0.159. The molecule has 0 radical (unpaired) electrons. The first-order chi connectivity index (χ1) is 13.2. The molecule has 2 aromatic rings. The summed E-state index contributed by atoms with van der Waals surface area (Å²) in [5, 5.41) is 23.0. The van der Waals surface area contributed by atoms with Gasteiger partial charge in [-0.1, -0.05) is 32.0 Å². The van der Waals surface area contributed by atoms with Gasteiger partial charge in [0, 0.05) is 12.3 Å². The summed E-state index contributed by atoms with van der Waals surface area (Å²) in [7, 11) is 0. The predicted molar refractivity (Wildman–Crippen MR) is 105 cm³/mol. The second kappa shape index (κ2) is 6.39. The topological polar surface area (TPSA) is 83.8 Å². The summed E-state index contributed by atoms with van der Waals surface area (Å²) in [4.78, 5) is 23.7. The zero-order valence-corrected chi connectivity index (χ0v) is 16.5. The van der Waals surface area contributed by atoms with Crippen LogP contribution in [0, 0.1) is 11.3 Å². The van der Waals surface area contributed by atoms with Gasteiger partial charge in [0.1, 0.15) is 18.0 Å². The van der Waals surface area contributed by atoms with Crippen LogP contribution in [0.1, 0.15) is 50.7 Å². The molecule has 5 nitrogen and oxygen atoms in total. The van der Waals surface area contributed by atoms with E-state index in [1.165, 1.54) is 18.1 Å². The second-order valence-corrected chi connectivity index (χ2v) is 8.56. The van der Waals surface area contributed by atoms with Crippen LogP contribution < -0.4 is 4.74 Å². The molecule has 28 heavy (non-hydrogen) atoms. The van der Waals surface area contributed by atoms with Gasteiger partial charge < -0.3 is 14.9 Å². The summed E-state index contributed by atoms with van der Waals surface area (Å²) >= 11 is 0. The largest absolute Gasteiger partial charge is 0.427 e. The normalized spacial score (nSPS) is 31.3. The first-order valence-electron chi connectivity index (χ1n) is 9.83. The lowest BCUT2D eigenvalue weighted by Gasteiger charge is -2.46. The third-order valence-electron chi connectivity index (χ3n) is 7.18. The van der Waals surface area contributed by atoms with Crippen LogP contribution in [0.5, 0.6) is 5.75 Å². The molecule has 0 aliphatic heterocycles. The Morgan fingerprint density at radius 1 is 1.25 bits per heavy atom. The molecule has 0 unspecified atom stereocenters. The van der Waals surface area contributed by atoms with Gasteiger partial charge in [-0.25, -0.2) is 0 Å². The first kappa shape index (κ1) is 19.1. The van der Waals surface area contributed by atoms with E-state index in [9.17, 15) is 19.8 Å². The predicted octanol–water partition coefficient (Wildman–Crippen LogP) is 3.13. The van der Waals surface area contributed by atoms with E-state index in [0.29, 0.717) is 18.6 Å². The van der Waals surface area contributed by atoms with Crippen LogP contribution in [-0.4, -0.2) is 34.2 Å². The number of aliphatic hydroxyl groups excluding tert-OH is 1. The van der Waals surface area contributed by atoms with Gasteiger partial charge in [-0.3, -0.25) is 9.59 Å². The molecule has 2 aliphatic carbocycles. The molecule has 148 valence electrons. The van der Waals surface area contributed by atoms with E-state index >= 15 is 0 Å². The number of hydrogen-bond donors (Lipinski definition) is 2. The fourth-order valence-electron chi connectivity index (χ4n) is 5.77. The SMILES string of the molecule is CC(=O)Oc1ccc2c3c(ccc2c1)[C@@H]1C[C@@H](C)[C@](O)(C(=O)CO)[C@@]1(C)CC3. The second-order valence-electron chi connectivity index (χ2n) is 8.56. The highest BCUT2D eigenvalue weighted by Crippen LogP contribution is 2.63. The fourth-order valence-corrected chi connectivity index (χ4v) is 5.77. The van der Waals surface area contributed by atoms with Crippen LogP contribution in [0.2, 0.25) is 0 Å². The van der Waals surface area contributed by atoms with E-state index in [0.717, 1.165) is 17.2 Å². The van der Waals surface area contributed by atoms with Crippen molar-refractivity contribution >= 4 is 22.5 Å². The van der Waals surface area contributed by atoms with Gasteiger partial charge in [0.15, 0.2) is 5.78 Å². The zero-order valence-electron chi connectivity index (χ0n) is 16.5. The Labute approximate surface area is 164 Å². The Balaban J connectivity index is 1.81. The zero-order chi connectivity index (χ0) is 20.3. The van der Waals surface area contributed by atoms with Crippen LogP contribution >= 0.6 is 0 Å². The van der Waals surface area contributed by atoms with Gasteiger partial charge in [-0.05, 0) is 65.1 Å². The number of ketones is 1. The molecule has 0 spiro atoms. The van der Waals surface area contributed by atoms with Crippen LogP contribution in [0.4, 0.5) is 0 Å². The van der Waals surface area contributed by atoms with Crippen molar-refractivity contribution in [3.63, 3.8) is 0 Å². The Kier molecular flexibility index (Phi) is 4.36. The molecule has 0 saturated heterocycles. The molecule has 2 N–H and O–H groups in total. The average Bonchev–Trinajstić information content (AvgIpc) is 2.87. The molecule has 0 bridgehead atoms. The monoisotopic (exact) mass is 382 g/mol. The van der Waals surface area contributed by atoms with E-state index < -0.39 is 23.4 Å². The molecular formula is C23H26O5. The third kappa shape index (κ3) is 2.46. The van der Waals surface area contributed by atoms with Crippen molar-refractivity contribution in [2.24, 2.45) is 11.3 Å². The van der Waals surface area contributed by atoms with Gasteiger partial charge in [0.05, 0.1) is 0 Å². The maximum atomic E-state index is 12.5. The minimum absolute atomic E-state index is 0.0595. The van der Waals surface area contributed by atoms with E-state index in [1.54, 1.807) is 6.07 Å². The number of carbonyl (C=O) groups excluding carboxylic acids is 2. The lowest BCUT2D eigenvalue weighted by atomic mass is 9.59. The number of esters is 1. The molecule has 0 aromatic heterocycles. The molecule has 2 aromatic carbocycles. The number of Topliss-reactive ketones (excluding diaryl/α,β-unsaturated/α-hetero) is 1. The number of hydrogen-bond acceptors (Lipinski definition) is 5. The molecule has 4 atom stereocenters. The highest BCUT2D eigenvalue weighted by molar-refractivity contribution is 5.92. The van der Waals surface area contributed by atoms with Gasteiger partial charge in [0.2, 0.25) is 0 Å². The number of ether oxygens (including phenoxy) is 1. The first-order valence-corrected chi connectivity index (χ1v) is 9.83. The van der Waals surface area contributed by atoms with E-state index in [1.807, 2.05) is 32.0 Å². The van der Waals surface area contributed by atoms with Gasteiger partial charge in [-0.15, -0.1) is 0 Å². The van der Waals surface area contributed by atoms with Crippen LogP contribution in [0.3, 0.4) is 0 Å². The van der Waals surface area contributed by atoms with Crippen molar-refractivity contribution in [3.05, 3.63) is 41.5 Å². The Hall–Kier alpha value is -2.24. The van der Waals surface area contributed by atoms with E-state index in [-0.39, 0.29) is 17.8 Å². The van der Waals surface area contributed by atoms with Crippen molar-refractivity contribution in [3.8, 4) is 5.75 Å². The Morgan fingerprint density at radius 3 is 2.68 bits per heavy atom. The lowest BCUT2D eigenvalue weighted by Crippen LogP contribution is -2.56. The number of aliphatic hydroxyl groups is 2. The van der Waals surface area contributed by atoms with Crippen molar-refractivity contribution in [1.82, 2.24) is 0 Å². The molecule has 0 heterocycles. The minimum Gasteiger partial charge on any atom is -0.427 e. The summed E-state index contributed by atoms with van der Waals surface area (Å²) in [5.74, 6) is -0.446. The van der Waals surface area contributed by atoms with E-state index in [4.69, 9.17) is 4.74 Å². The van der Waals surface area contributed by atoms with E-state index in [2.05, 4.69) is 6.07 Å². The molecule has 1 saturated carbocycles. The van der Waals surface area contributed by atoms with Gasteiger partial charge in [-0.2, -0.15) is 0 Å². The molecule has 0 amide bonds. The number of benzene rings is 2. The molecule has 5 heteroatoms. The Morgan fingerprint density at radius 2 is 2.00 bits per heavy atom. The quantitative estimate of drug-likeness (QED) is 0.629. The summed E-state index contributed by atoms with van der Waals surface area (Å²) in [6.07, 6.45) is 2.14. The maximum absolute atomic E-state index is 12.5. The highest BCUT2D eigenvalue weighted by atomic mass is 16.5. The Bertz CT molecular complexity index is 980. The standard InChI is InChI=1S/C23H26O5/c1-13-10-20-19-6-4-15-11-16(28-14(2)25)5-7-17(15)18(19)8-9-22(20,3)23(13,27)21(26)12-24/h4-7,11,13,20,24,27H,8-10,12H2,1-3H3/t13-,20+,22+,23+/m1/s1. The summed E-state index contributed by atoms with van der Waals surface area (Å²) in [5.41, 5.74) is 0.320. The molecular weight excluding hydrogens is 356 g/mol. The average molecular weight is 382 g/mol. The molecule has 1 fully saturated rings. The molecule has 4 rings (SSSR count). The fraction of sp³-hybridized carbons (Fsp3) is 0.478. The third-order valence-corrected chi connectivity index (χ3v) is 7.18. The summed E-state index contributed by atoms with van der Waals surface area (Å²) < 4.78 is 5.20. The highest BCUT2D eigenvalue weighted by Gasteiger charge is 2.64. The van der Waals surface area contributed by atoms with Gasteiger partial charge >= 0.3 is 5.97 Å². The number of rotatable bonds is 3. The maximum Gasteiger partial charge on any atom is 0.308 e. The number of fused-ring (bicyclic) bond motifs is 5. The van der Waals surface area contributed by atoms with Crippen molar-refractivity contribution in [2.75, 3.05) is 6.61 Å². The smallest absolute Gasteiger partial charge is 0.308 e. The van der Waals surface area contributed by atoms with Crippen LogP contribution in [-0.2, 0) is 16.0 Å². The summed E-state index contributed by atoms with van der Waals surface area (Å²) in [6, 6.07) is 9.76. The number of carbonyl (C=O) groups is 2. The van der Waals surface area contributed by atoms with Crippen molar-refractivity contribution in [1.29, 1.82) is 0 Å².